The SMILES string of the molecule is Brc1ccc(C2(c3nnc(-c4ccccc4)o3)CCC2)cc1.CCOC(OCC)(OCC)c1ccccc1.NCC(=O)C1(c2ccc(Br)cc2)CCC1. The minimum atomic E-state index is -1.06. The van der Waals surface area contributed by atoms with Crippen LogP contribution < -0.4 is 5.73 Å². The highest BCUT2D eigenvalue weighted by Crippen LogP contribution is 2.49. The molecule has 0 aliphatic heterocycles. The second kappa shape index (κ2) is 19.2. The highest BCUT2D eigenvalue weighted by molar-refractivity contribution is 9.10. The van der Waals surface area contributed by atoms with Gasteiger partial charge in [0.05, 0.1) is 17.4 Å². The van der Waals surface area contributed by atoms with Gasteiger partial charge in [-0.1, -0.05) is 117 Å². The Bertz CT molecular complexity index is 1830. The van der Waals surface area contributed by atoms with Gasteiger partial charge in [-0.2, -0.15) is 0 Å². The Hall–Kier alpha value is -3.51. The van der Waals surface area contributed by atoms with E-state index in [-0.39, 0.29) is 23.2 Å². The lowest BCUT2D eigenvalue weighted by Gasteiger charge is -2.40. The molecule has 2 aliphatic rings. The second-order valence-corrected chi connectivity index (χ2v) is 14.8. The molecule has 1 heterocycles. The minimum absolute atomic E-state index is 0.110. The Kier molecular flexibility index (Phi) is 14.7. The summed E-state index contributed by atoms with van der Waals surface area (Å²) in [5.74, 6) is 0.453. The van der Waals surface area contributed by atoms with Gasteiger partial charge in [0.25, 0.3) is 0 Å². The molecule has 4 aromatic carbocycles. The summed E-state index contributed by atoms with van der Waals surface area (Å²) in [6.07, 6.45) is 6.34. The van der Waals surface area contributed by atoms with Crippen molar-refractivity contribution >= 4 is 37.6 Å². The van der Waals surface area contributed by atoms with E-state index in [4.69, 9.17) is 24.4 Å². The fraction of sp³-hybridized carbons (Fsp3) is 0.372. The van der Waals surface area contributed by atoms with Crippen molar-refractivity contribution in [1.29, 1.82) is 0 Å². The molecule has 0 atom stereocenters. The third-order valence-electron chi connectivity index (χ3n) is 9.91. The highest BCUT2D eigenvalue weighted by atomic mass is 79.9. The molecular formula is C43H49Br2N3O5. The van der Waals surface area contributed by atoms with Gasteiger partial charge in [0.2, 0.25) is 11.8 Å². The molecule has 0 amide bonds. The van der Waals surface area contributed by atoms with Gasteiger partial charge < -0.3 is 24.4 Å². The van der Waals surface area contributed by atoms with E-state index < -0.39 is 5.97 Å². The zero-order valence-electron chi connectivity index (χ0n) is 30.7. The van der Waals surface area contributed by atoms with E-state index in [1.165, 1.54) is 12.0 Å². The van der Waals surface area contributed by atoms with Crippen LogP contribution in [0.5, 0.6) is 0 Å². The predicted octanol–water partition coefficient (Wildman–Crippen LogP) is 10.3. The summed E-state index contributed by atoms with van der Waals surface area (Å²) >= 11 is 6.89. The van der Waals surface area contributed by atoms with Gasteiger partial charge in [-0.3, -0.25) is 4.79 Å². The quantitative estimate of drug-likeness (QED) is 0.117. The van der Waals surface area contributed by atoms with E-state index in [0.717, 1.165) is 63.6 Å². The van der Waals surface area contributed by atoms with Crippen LogP contribution in [0.2, 0.25) is 0 Å². The number of ether oxygens (including phenoxy) is 3. The standard InChI is InChI=1S/C18H15BrN2O.C13H20O3.C12H14BrNO/c19-15-9-7-14(8-10-15)18(11-4-12-18)17-21-20-16(22-17)13-5-2-1-3-6-13;1-4-14-13(15-5-2,16-6-3)12-10-8-7-9-11-12;13-10-4-2-9(3-5-10)12(6-1-7-12)11(15)8-14/h1-3,5-10H,4,11-12H2;7-11H,4-6H2,1-3H3;2-5H,1,6-8,14H2. The van der Waals surface area contributed by atoms with Crippen LogP contribution in [0.1, 0.15) is 81.9 Å². The van der Waals surface area contributed by atoms with Gasteiger partial charge in [-0.25, -0.2) is 0 Å². The molecule has 0 radical (unpaired) electrons. The Labute approximate surface area is 330 Å². The molecule has 2 saturated carbocycles. The van der Waals surface area contributed by atoms with Gasteiger partial charge in [0, 0.05) is 39.9 Å². The number of benzene rings is 4. The van der Waals surface area contributed by atoms with Crippen LogP contribution in [0, 0.1) is 0 Å². The van der Waals surface area contributed by atoms with E-state index in [1.54, 1.807) is 0 Å². The van der Waals surface area contributed by atoms with Crippen molar-refractivity contribution in [2.45, 2.75) is 76.1 Å². The molecule has 0 spiro atoms. The Morgan fingerprint density at radius 2 is 1.19 bits per heavy atom. The number of ketones is 1. The predicted molar refractivity (Wildman–Crippen MR) is 215 cm³/mol. The summed E-state index contributed by atoms with van der Waals surface area (Å²) < 4.78 is 25.1. The van der Waals surface area contributed by atoms with Crippen LogP contribution in [0.4, 0.5) is 0 Å². The first-order chi connectivity index (χ1) is 25.8. The first kappa shape index (κ1) is 40.7. The van der Waals surface area contributed by atoms with Crippen molar-refractivity contribution in [3.8, 4) is 11.5 Å². The largest absolute Gasteiger partial charge is 0.420 e. The lowest BCUT2D eigenvalue weighted by molar-refractivity contribution is -0.389. The highest BCUT2D eigenvalue weighted by Gasteiger charge is 2.46. The van der Waals surface area contributed by atoms with Crippen LogP contribution in [-0.2, 0) is 35.8 Å². The molecule has 0 bridgehead atoms. The first-order valence-corrected chi connectivity index (χ1v) is 20.0. The molecule has 5 aromatic rings. The van der Waals surface area contributed by atoms with Crippen LogP contribution in [0.15, 0.2) is 123 Å². The minimum Gasteiger partial charge on any atom is -0.420 e. The summed E-state index contributed by atoms with van der Waals surface area (Å²) in [5, 5.41) is 8.61. The number of nitrogens with two attached hydrogens (primary N) is 1. The molecule has 2 aliphatic carbocycles. The van der Waals surface area contributed by atoms with Crippen LogP contribution in [0.3, 0.4) is 0 Å². The Balaban J connectivity index is 0.000000158. The maximum absolute atomic E-state index is 11.9. The molecule has 8 nitrogen and oxygen atoms in total. The number of nitrogens with zero attached hydrogens (tertiary/aromatic N) is 2. The van der Waals surface area contributed by atoms with Crippen molar-refractivity contribution in [1.82, 2.24) is 10.2 Å². The van der Waals surface area contributed by atoms with E-state index >= 15 is 0 Å². The molecule has 53 heavy (non-hydrogen) atoms. The molecule has 2 N–H and O–H groups in total. The van der Waals surface area contributed by atoms with Crippen molar-refractivity contribution < 1.29 is 23.4 Å². The van der Waals surface area contributed by atoms with Crippen LogP contribution in [0.25, 0.3) is 11.5 Å². The Morgan fingerprint density at radius 1 is 0.698 bits per heavy atom. The molecule has 7 rings (SSSR count). The number of carbonyl (C=O) groups is 1. The number of halogens is 2. The number of carbonyl (C=O) groups excluding carboxylic acids is 1. The van der Waals surface area contributed by atoms with Gasteiger partial charge in [0.15, 0.2) is 5.78 Å². The number of aromatic nitrogens is 2. The van der Waals surface area contributed by atoms with Crippen molar-refractivity contribution in [2.24, 2.45) is 5.73 Å². The molecule has 0 saturated heterocycles. The lowest BCUT2D eigenvalue weighted by atomic mass is 9.62. The molecule has 0 unspecified atom stereocenters. The third-order valence-corrected chi connectivity index (χ3v) is 11.0. The summed E-state index contributed by atoms with van der Waals surface area (Å²) in [5.41, 5.74) is 9.32. The summed E-state index contributed by atoms with van der Waals surface area (Å²) in [7, 11) is 0. The Morgan fingerprint density at radius 3 is 1.62 bits per heavy atom. The number of hydrogen-bond donors (Lipinski definition) is 1. The molecule has 2 fully saturated rings. The van der Waals surface area contributed by atoms with Crippen LogP contribution in [-0.4, -0.2) is 42.3 Å². The molecular weight excluding hydrogens is 798 g/mol. The topological polar surface area (TPSA) is 110 Å². The fourth-order valence-electron chi connectivity index (χ4n) is 6.85. The van der Waals surface area contributed by atoms with E-state index in [9.17, 15) is 4.79 Å². The second-order valence-electron chi connectivity index (χ2n) is 13.0. The first-order valence-electron chi connectivity index (χ1n) is 18.4. The average Bonchev–Trinajstić information content (AvgIpc) is 3.64. The molecule has 10 heteroatoms. The average molecular weight is 848 g/mol. The number of hydrogen-bond acceptors (Lipinski definition) is 8. The number of Topliss-reactive ketones (excluding diaryl/α,β-unsaturated/α-hetero) is 1. The number of rotatable bonds is 13. The smallest absolute Gasteiger partial charge is 0.311 e. The van der Waals surface area contributed by atoms with Gasteiger partial charge in [-0.05, 0) is 94.0 Å². The van der Waals surface area contributed by atoms with E-state index in [2.05, 4.69) is 66.3 Å². The maximum Gasteiger partial charge on any atom is 0.311 e. The summed E-state index contributed by atoms with van der Waals surface area (Å²) in [6.45, 7) is 7.54. The summed E-state index contributed by atoms with van der Waals surface area (Å²) in [6, 6.07) is 36.1. The maximum atomic E-state index is 11.9. The monoisotopic (exact) mass is 845 g/mol. The normalized spacial score (nSPS) is 15.4. The van der Waals surface area contributed by atoms with Crippen molar-refractivity contribution in [3.63, 3.8) is 0 Å². The zero-order chi connectivity index (χ0) is 37.7. The van der Waals surface area contributed by atoms with Crippen molar-refractivity contribution in [3.05, 3.63) is 141 Å². The molecule has 1 aromatic heterocycles. The fourth-order valence-corrected chi connectivity index (χ4v) is 7.38. The molecule has 280 valence electrons. The van der Waals surface area contributed by atoms with Crippen LogP contribution >= 0.6 is 31.9 Å². The third kappa shape index (κ3) is 9.42. The lowest BCUT2D eigenvalue weighted by Crippen LogP contribution is -2.45. The van der Waals surface area contributed by atoms with E-state index in [0.29, 0.717) is 25.7 Å². The van der Waals surface area contributed by atoms with E-state index in [1.807, 2.05) is 106 Å². The van der Waals surface area contributed by atoms with Crippen molar-refractivity contribution in [2.75, 3.05) is 26.4 Å². The van der Waals surface area contributed by atoms with Gasteiger partial charge in [-0.15, -0.1) is 10.2 Å². The van der Waals surface area contributed by atoms with Gasteiger partial charge >= 0.3 is 5.97 Å². The zero-order valence-corrected chi connectivity index (χ0v) is 33.9. The summed E-state index contributed by atoms with van der Waals surface area (Å²) in [4.78, 5) is 11.9. The van der Waals surface area contributed by atoms with Gasteiger partial charge in [0.1, 0.15) is 0 Å².